The first-order valence-corrected chi connectivity index (χ1v) is 27.0. The molecule has 16 nitrogen and oxygen atoms in total. The molecular formula is C51H88Br2F6N2O14+2. The van der Waals surface area contributed by atoms with E-state index in [-0.39, 0.29) is 39.3 Å². The molecule has 0 spiro atoms. The van der Waals surface area contributed by atoms with Crippen molar-refractivity contribution in [2.45, 2.75) is 174 Å². The third-order valence-corrected chi connectivity index (χ3v) is 13.7. The molecule has 0 heterocycles. The SMILES string of the molecule is CCCCOC(=O)C(C)(Br)CC(C)(CC(C)(C)C(=O)OCOC(F)(F)OC(F)(F)C(F)(F)COC(=O)C(C)(C)CC(C)(CC(C)(Br)C(=O)OCCCC)C(=O)OCC[N+](C)(C)CCC)C(=O)OCC[N+](C)(C)CCC. The molecule has 0 aromatic rings. The zero-order valence-corrected chi connectivity index (χ0v) is 50.4. The minimum atomic E-state index is -6.09. The summed E-state index contributed by atoms with van der Waals surface area (Å²) in [5.74, 6) is -11.6. The van der Waals surface area contributed by atoms with Gasteiger partial charge in [-0.3, -0.25) is 33.5 Å². The molecule has 0 aliphatic heterocycles. The summed E-state index contributed by atoms with van der Waals surface area (Å²) < 4.78 is 126. The van der Waals surface area contributed by atoms with Gasteiger partial charge in [0.25, 0.3) is 0 Å². The van der Waals surface area contributed by atoms with Crippen LogP contribution in [0.5, 0.6) is 0 Å². The number of alkyl halides is 8. The highest BCUT2D eigenvalue weighted by molar-refractivity contribution is 9.10. The largest absolute Gasteiger partial charge is 0.493 e. The molecule has 75 heavy (non-hydrogen) atoms. The van der Waals surface area contributed by atoms with Crippen molar-refractivity contribution in [3.63, 3.8) is 0 Å². The zero-order valence-electron chi connectivity index (χ0n) is 47.3. The highest BCUT2D eigenvalue weighted by atomic mass is 79.9. The van der Waals surface area contributed by atoms with Crippen molar-refractivity contribution in [3.8, 4) is 0 Å². The number of nitrogens with zero attached hydrogens (tertiary/aromatic N) is 2. The predicted molar refractivity (Wildman–Crippen MR) is 274 cm³/mol. The lowest BCUT2D eigenvalue weighted by Gasteiger charge is -2.38. The Morgan fingerprint density at radius 2 is 0.787 bits per heavy atom. The fourth-order valence-electron chi connectivity index (χ4n) is 8.63. The lowest BCUT2D eigenvalue weighted by Crippen LogP contribution is -2.51. The summed E-state index contributed by atoms with van der Waals surface area (Å²) in [6, 6.07) is 0. The van der Waals surface area contributed by atoms with E-state index in [0.29, 0.717) is 41.3 Å². The molecule has 0 N–H and O–H groups in total. The summed E-state index contributed by atoms with van der Waals surface area (Å²) in [6.45, 7) is 16.4. The maximum Gasteiger partial charge on any atom is 0.493 e. The first kappa shape index (κ1) is 72.2. The Morgan fingerprint density at radius 1 is 0.440 bits per heavy atom. The molecule has 24 heteroatoms. The van der Waals surface area contributed by atoms with E-state index in [4.69, 9.17) is 23.7 Å². The van der Waals surface area contributed by atoms with E-state index < -0.39 is 111 Å². The molecule has 0 bridgehead atoms. The van der Waals surface area contributed by atoms with E-state index in [1.54, 1.807) is 0 Å². The van der Waals surface area contributed by atoms with Gasteiger partial charge in [-0.15, -0.1) is 8.78 Å². The number of hydrogen-bond donors (Lipinski definition) is 0. The van der Waals surface area contributed by atoms with Crippen molar-refractivity contribution >= 4 is 67.7 Å². The molecule has 0 amide bonds. The van der Waals surface area contributed by atoms with Gasteiger partial charge < -0.3 is 37.4 Å². The smallest absolute Gasteiger partial charge is 0.465 e. The van der Waals surface area contributed by atoms with E-state index in [0.717, 1.165) is 46.2 Å². The third kappa shape index (κ3) is 24.8. The number of carbonyl (C=O) groups is 6. The lowest BCUT2D eigenvalue weighted by atomic mass is 9.69. The Hall–Kier alpha value is -2.80. The minimum absolute atomic E-state index is 0.0360. The number of hydrogen-bond acceptors (Lipinski definition) is 14. The van der Waals surface area contributed by atoms with Gasteiger partial charge in [-0.25, -0.2) is 4.74 Å². The molecule has 0 aliphatic carbocycles. The number of likely N-dealkylation sites (N-methyl/N-ethyl adjacent to an activating group) is 2. The van der Waals surface area contributed by atoms with Crippen LogP contribution in [0.4, 0.5) is 26.3 Å². The van der Waals surface area contributed by atoms with Crippen LogP contribution in [-0.2, 0) is 66.7 Å². The number of rotatable bonds is 38. The Balaban J connectivity index is 6.21. The van der Waals surface area contributed by atoms with Crippen LogP contribution in [0.1, 0.15) is 147 Å². The van der Waals surface area contributed by atoms with Gasteiger partial charge in [-0.2, -0.15) is 17.6 Å². The third-order valence-electron chi connectivity index (χ3n) is 12.5. The molecular weight excluding hydrogens is 1140 g/mol. The molecule has 0 saturated heterocycles. The molecule has 4 atom stereocenters. The Labute approximate surface area is 458 Å². The van der Waals surface area contributed by atoms with E-state index in [9.17, 15) is 46.3 Å². The van der Waals surface area contributed by atoms with Crippen LogP contribution in [0, 0.1) is 21.7 Å². The Kier molecular flexibility index (Phi) is 28.3. The normalized spacial score (nSPS) is 16.3. The molecule has 0 aromatic heterocycles. The summed E-state index contributed by atoms with van der Waals surface area (Å²) in [5, 5.41) is 0. The monoisotopic (exact) mass is 1220 g/mol. The first-order chi connectivity index (χ1) is 33.9. The van der Waals surface area contributed by atoms with Gasteiger partial charge in [-0.1, -0.05) is 72.4 Å². The van der Waals surface area contributed by atoms with Crippen molar-refractivity contribution in [2.75, 3.05) is 94.2 Å². The van der Waals surface area contributed by atoms with Crippen LogP contribution in [0.25, 0.3) is 0 Å². The van der Waals surface area contributed by atoms with Gasteiger partial charge in [-0.05, 0) is 107 Å². The van der Waals surface area contributed by atoms with Crippen LogP contribution in [-0.4, -0.2) is 166 Å². The second-order valence-corrected chi connectivity index (χ2v) is 26.6. The quantitative estimate of drug-likeness (QED) is 0.0109. The average molecular weight is 1230 g/mol. The molecule has 0 aliphatic rings. The maximum absolute atomic E-state index is 15.1. The average Bonchev–Trinajstić information content (AvgIpc) is 3.23. The molecule has 4 unspecified atom stereocenters. The van der Waals surface area contributed by atoms with Gasteiger partial charge in [0.15, 0.2) is 6.61 Å². The van der Waals surface area contributed by atoms with E-state index in [2.05, 4.69) is 46.1 Å². The van der Waals surface area contributed by atoms with Gasteiger partial charge in [0.1, 0.15) is 35.0 Å². The van der Waals surface area contributed by atoms with E-state index >= 15 is 8.78 Å². The van der Waals surface area contributed by atoms with Crippen LogP contribution in [0.2, 0.25) is 0 Å². The number of halogens is 8. The Bertz CT molecular complexity index is 1870. The Morgan fingerprint density at radius 3 is 1.13 bits per heavy atom. The van der Waals surface area contributed by atoms with E-state index in [1.165, 1.54) is 41.5 Å². The minimum Gasteiger partial charge on any atom is -0.465 e. The number of quaternary nitrogens is 2. The molecule has 0 fully saturated rings. The van der Waals surface area contributed by atoms with E-state index in [1.807, 2.05) is 55.9 Å². The van der Waals surface area contributed by atoms with Gasteiger partial charge in [0.2, 0.25) is 6.79 Å². The fraction of sp³-hybridized carbons (Fsp3) is 0.882. The molecule has 0 saturated carbocycles. The highest BCUT2D eigenvalue weighted by Crippen LogP contribution is 2.47. The van der Waals surface area contributed by atoms with Crippen molar-refractivity contribution in [3.05, 3.63) is 0 Å². The molecule has 0 rings (SSSR count). The molecule has 440 valence electrons. The van der Waals surface area contributed by atoms with Crippen LogP contribution in [0.3, 0.4) is 0 Å². The first-order valence-electron chi connectivity index (χ1n) is 25.4. The summed E-state index contributed by atoms with van der Waals surface area (Å²) >= 11 is 6.69. The highest BCUT2D eigenvalue weighted by Gasteiger charge is 2.64. The van der Waals surface area contributed by atoms with Crippen molar-refractivity contribution in [1.29, 1.82) is 0 Å². The lowest BCUT2D eigenvalue weighted by molar-refractivity contribution is -0.890. The summed E-state index contributed by atoms with van der Waals surface area (Å²) in [7, 11) is 7.72. The predicted octanol–water partition coefficient (Wildman–Crippen LogP) is 10.5. The number of esters is 6. The standard InChI is InChI=1S/C51H88Br2F6N2O14/c1-17-21-27-68-41(66)47(11,52)33-45(9,39(64)70-29-25-60(13,14)23-19-3)31-43(5,6)37(62)72-35-49(54,55)50(56,57)75-51(58,59)74-36-73-38(63)44(7,8)32-46(10,34-48(12,53)42(67)69-28-22-18-2)40(65)71-30-26-61(15,16)24-20-4/h17-36H2,1-16H3/q+2. The topological polar surface area (TPSA) is 176 Å². The zero-order chi connectivity index (χ0) is 58.8. The second-order valence-electron chi connectivity index (χ2n) is 23.1. The van der Waals surface area contributed by atoms with Gasteiger partial charge in [0.05, 0.1) is 76.2 Å². The van der Waals surface area contributed by atoms with Crippen molar-refractivity contribution < 1.29 is 102 Å². The summed E-state index contributed by atoms with van der Waals surface area (Å²) in [6.07, 6.45) is -9.00. The van der Waals surface area contributed by atoms with Gasteiger partial charge in [0, 0.05) is 0 Å². The fourth-order valence-corrected chi connectivity index (χ4v) is 10.1. The summed E-state index contributed by atoms with van der Waals surface area (Å²) in [5.41, 5.74) is -7.09. The van der Waals surface area contributed by atoms with Crippen LogP contribution in [0.15, 0.2) is 0 Å². The molecule has 0 aromatic carbocycles. The van der Waals surface area contributed by atoms with Crippen LogP contribution >= 0.6 is 31.9 Å². The van der Waals surface area contributed by atoms with Gasteiger partial charge >= 0.3 is 54.1 Å². The number of ether oxygens (including phenoxy) is 8. The maximum atomic E-state index is 15.1. The van der Waals surface area contributed by atoms with Crippen molar-refractivity contribution in [2.24, 2.45) is 21.7 Å². The number of carbonyl (C=O) groups excluding carboxylic acids is 6. The molecule has 0 radical (unpaired) electrons. The second kappa shape index (κ2) is 29.4. The van der Waals surface area contributed by atoms with Crippen molar-refractivity contribution in [1.82, 2.24) is 0 Å². The summed E-state index contributed by atoms with van der Waals surface area (Å²) in [4.78, 5) is 80.7. The number of unbranched alkanes of at least 4 members (excludes halogenated alkanes) is 2. The van der Waals surface area contributed by atoms with Crippen LogP contribution < -0.4 is 0 Å².